The molecule has 0 saturated carbocycles. The first kappa shape index (κ1) is 15.7. The molecule has 0 amide bonds. The average molecular weight is 351 g/mol. The Morgan fingerprint density at radius 1 is 1.17 bits per heavy atom. The predicted molar refractivity (Wildman–Crippen MR) is 91.7 cm³/mol. The van der Waals surface area contributed by atoms with E-state index >= 15 is 0 Å². The van der Waals surface area contributed by atoms with Crippen LogP contribution in [0.25, 0.3) is 10.9 Å². The third kappa shape index (κ3) is 2.54. The van der Waals surface area contributed by atoms with Gasteiger partial charge in [0.2, 0.25) is 0 Å². The van der Waals surface area contributed by atoms with Crippen molar-refractivity contribution in [3.63, 3.8) is 0 Å². The summed E-state index contributed by atoms with van der Waals surface area (Å²) in [5.41, 5.74) is 7.49. The Morgan fingerprint density at radius 2 is 1.91 bits per heavy atom. The minimum atomic E-state index is -3.77. The summed E-state index contributed by atoms with van der Waals surface area (Å²) >= 11 is 6.00. The Kier molecular flexibility index (Phi) is 3.74. The lowest BCUT2D eigenvalue weighted by atomic mass is 10.2. The van der Waals surface area contributed by atoms with E-state index in [9.17, 15) is 8.42 Å². The van der Waals surface area contributed by atoms with Crippen LogP contribution >= 0.6 is 11.6 Å². The molecular formula is C16H15ClN2O3S. The Balaban J connectivity index is 2.23. The largest absolute Gasteiger partial charge is 0.495 e. The number of nitrogen functional groups attached to an aromatic ring is 1. The fraction of sp³-hybridized carbons (Fsp3) is 0.125. The molecule has 0 aliphatic carbocycles. The highest BCUT2D eigenvalue weighted by atomic mass is 35.5. The third-order valence-corrected chi connectivity index (χ3v) is 5.59. The molecule has 0 radical (unpaired) electrons. The molecule has 23 heavy (non-hydrogen) atoms. The normalized spacial score (nSPS) is 11.8. The van der Waals surface area contributed by atoms with Gasteiger partial charge in [-0.2, -0.15) is 0 Å². The molecule has 7 heteroatoms. The van der Waals surface area contributed by atoms with Gasteiger partial charge in [0.05, 0.1) is 23.2 Å². The van der Waals surface area contributed by atoms with E-state index in [2.05, 4.69) is 0 Å². The van der Waals surface area contributed by atoms with Gasteiger partial charge >= 0.3 is 0 Å². The first-order valence-electron chi connectivity index (χ1n) is 6.81. The lowest BCUT2D eigenvalue weighted by Gasteiger charge is -2.10. The van der Waals surface area contributed by atoms with Gasteiger partial charge in [-0.15, -0.1) is 0 Å². The van der Waals surface area contributed by atoms with Crippen LogP contribution in [0.4, 0.5) is 5.69 Å². The number of aromatic nitrogens is 1. The van der Waals surface area contributed by atoms with Crippen molar-refractivity contribution in [2.75, 3.05) is 12.8 Å². The fourth-order valence-electron chi connectivity index (χ4n) is 2.52. The molecular weight excluding hydrogens is 336 g/mol. The van der Waals surface area contributed by atoms with Crippen molar-refractivity contribution in [2.45, 2.75) is 11.8 Å². The zero-order chi connectivity index (χ0) is 16.8. The smallest absolute Gasteiger partial charge is 0.268 e. The summed E-state index contributed by atoms with van der Waals surface area (Å²) < 4.78 is 32.2. The lowest BCUT2D eigenvalue weighted by Crippen LogP contribution is -2.12. The lowest BCUT2D eigenvalue weighted by molar-refractivity contribution is 0.416. The number of benzene rings is 2. The van der Waals surface area contributed by atoms with E-state index in [0.717, 1.165) is 10.9 Å². The maximum Gasteiger partial charge on any atom is 0.268 e. The number of halogens is 1. The van der Waals surface area contributed by atoms with Crippen molar-refractivity contribution < 1.29 is 13.2 Å². The van der Waals surface area contributed by atoms with E-state index in [4.69, 9.17) is 22.1 Å². The average Bonchev–Trinajstić information content (AvgIpc) is 2.84. The van der Waals surface area contributed by atoms with E-state index in [-0.39, 0.29) is 10.6 Å². The number of aryl methyl sites for hydroxylation is 1. The maximum atomic E-state index is 12.9. The topological polar surface area (TPSA) is 74.3 Å². The number of rotatable bonds is 3. The quantitative estimate of drug-likeness (QED) is 0.734. The van der Waals surface area contributed by atoms with E-state index in [1.54, 1.807) is 24.4 Å². The first-order chi connectivity index (χ1) is 10.8. The highest BCUT2D eigenvalue weighted by molar-refractivity contribution is 7.90. The first-order valence-corrected chi connectivity index (χ1v) is 8.62. The zero-order valence-electron chi connectivity index (χ0n) is 12.6. The molecule has 3 rings (SSSR count). The van der Waals surface area contributed by atoms with Crippen LogP contribution in [0.15, 0.2) is 47.5 Å². The van der Waals surface area contributed by atoms with Crippen molar-refractivity contribution in [3.8, 4) is 5.75 Å². The van der Waals surface area contributed by atoms with Gasteiger partial charge in [-0.3, -0.25) is 0 Å². The molecule has 5 nitrogen and oxygen atoms in total. The fourth-order valence-corrected chi connectivity index (χ4v) is 4.15. The Hall–Kier alpha value is -2.18. The molecule has 0 atom stereocenters. The Morgan fingerprint density at radius 3 is 2.57 bits per heavy atom. The summed E-state index contributed by atoms with van der Waals surface area (Å²) in [4.78, 5) is 0.0997. The summed E-state index contributed by atoms with van der Waals surface area (Å²) in [5, 5.41) is 1.35. The Labute approximate surface area is 139 Å². The van der Waals surface area contributed by atoms with Crippen LogP contribution in [-0.2, 0) is 10.0 Å². The second kappa shape index (κ2) is 5.47. The van der Waals surface area contributed by atoms with Gasteiger partial charge < -0.3 is 10.5 Å². The van der Waals surface area contributed by atoms with Crippen LogP contribution in [0.3, 0.4) is 0 Å². The van der Waals surface area contributed by atoms with Crippen LogP contribution in [0.2, 0.25) is 5.02 Å². The number of ether oxygens (including phenoxy) is 1. The molecule has 1 heterocycles. The van der Waals surface area contributed by atoms with Gasteiger partial charge in [0.1, 0.15) is 5.75 Å². The van der Waals surface area contributed by atoms with Crippen molar-refractivity contribution in [1.82, 2.24) is 3.97 Å². The zero-order valence-corrected chi connectivity index (χ0v) is 14.1. The van der Waals surface area contributed by atoms with Gasteiger partial charge in [-0.05, 0) is 48.9 Å². The highest BCUT2D eigenvalue weighted by Crippen LogP contribution is 2.30. The van der Waals surface area contributed by atoms with E-state index < -0.39 is 10.0 Å². The van der Waals surface area contributed by atoms with E-state index in [1.807, 2.05) is 6.92 Å². The van der Waals surface area contributed by atoms with Crippen molar-refractivity contribution in [3.05, 3.63) is 53.2 Å². The number of anilines is 1. The van der Waals surface area contributed by atoms with Crippen LogP contribution in [0.5, 0.6) is 5.75 Å². The van der Waals surface area contributed by atoms with Crippen LogP contribution in [0.1, 0.15) is 5.56 Å². The van der Waals surface area contributed by atoms with E-state index in [1.165, 1.54) is 29.3 Å². The standard InChI is InChI=1S/C16H15ClN2O3S/c1-10-9-19(15-5-3-11(17)7-13(10)15)23(20,21)12-4-6-16(22-2)14(18)8-12/h3-9H,18H2,1-2H3. The van der Waals surface area contributed by atoms with Crippen molar-refractivity contribution >= 4 is 38.2 Å². The number of methoxy groups -OCH3 is 1. The van der Waals surface area contributed by atoms with Crippen LogP contribution < -0.4 is 10.5 Å². The third-order valence-electron chi connectivity index (χ3n) is 3.69. The van der Waals surface area contributed by atoms with Gasteiger partial charge in [0, 0.05) is 16.6 Å². The molecule has 2 N–H and O–H groups in total. The molecule has 0 saturated heterocycles. The number of fused-ring (bicyclic) bond motifs is 1. The van der Waals surface area contributed by atoms with Crippen molar-refractivity contribution in [1.29, 1.82) is 0 Å². The summed E-state index contributed by atoms with van der Waals surface area (Å²) in [5.74, 6) is 0.435. The van der Waals surface area contributed by atoms with Crippen molar-refractivity contribution in [2.24, 2.45) is 0 Å². The minimum absolute atomic E-state index is 0.0997. The molecule has 3 aromatic rings. The monoisotopic (exact) mass is 350 g/mol. The summed E-state index contributed by atoms with van der Waals surface area (Å²) in [6, 6.07) is 9.51. The summed E-state index contributed by atoms with van der Waals surface area (Å²) in [6.45, 7) is 1.84. The molecule has 0 aliphatic rings. The van der Waals surface area contributed by atoms with Crippen LogP contribution in [0, 0.1) is 6.92 Å². The highest BCUT2D eigenvalue weighted by Gasteiger charge is 2.21. The maximum absolute atomic E-state index is 12.9. The number of nitrogens with zero attached hydrogens (tertiary/aromatic N) is 1. The second-order valence-electron chi connectivity index (χ2n) is 5.18. The molecule has 0 fully saturated rings. The number of nitrogens with two attached hydrogens (primary N) is 1. The van der Waals surface area contributed by atoms with Gasteiger partial charge in [-0.25, -0.2) is 12.4 Å². The van der Waals surface area contributed by atoms with Gasteiger partial charge in [-0.1, -0.05) is 11.6 Å². The second-order valence-corrected chi connectivity index (χ2v) is 7.43. The molecule has 0 spiro atoms. The Bertz CT molecular complexity index is 1010. The SMILES string of the molecule is COc1ccc(S(=O)(=O)n2cc(C)c3cc(Cl)ccc32)cc1N. The summed E-state index contributed by atoms with van der Waals surface area (Å²) in [7, 11) is -2.29. The molecule has 1 aromatic heterocycles. The molecule has 0 unspecified atom stereocenters. The minimum Gasteiger partial charge on any atom is -0.495 e. The number of hydrogen-bond acceptors (Lipinski definition) is 4. The van der Waals surface area contributed by atoms with Gasteiger partial charge in [0.15, 0.2) is 0 Å². The molecule has 0 aliphatic heterocycles. The van der Waals surface area contributed by atoms with E-state index in [0.29, 0.717) is 16.3 Å². The molecule has 2 aromatic carbocycles. The molecule has 120 valence electrons. The van der Waals surface area contributed by atoms with Gasteiger partial charge in [0.25, 0.3) is 10.0 Å². The number of hydrogen-bond donors (Lipinski definition) is 1. The van der Waals surface area contributed by atoms with Crippen LogP contribution in [-0.4, -0.2) is 19.5 Å². The molecule has 0 bridgehead atoms. The summed E-state index contributed by atoms with van der Waals surface area (Å²) in [6.07, 6.45) is 1.58. The predicted octanol–water partition coefficient (Wildman–Crippen LogP) is 3.43.